The summed E-state index contributed by atoms with van der Waals surface area (Å²) in [7, 11) is 0. The molecule has 5 heteroatoms. The molecule has 2 atom stereocenters. The van der Waals surface area contributed by atoms with Gasteiger partial charge in [0, 0.05) is 12.8 Å². The first-order valence-electron chi connectivity index (χ1n) is 9.41. The number of rotatable bonds is 3. The van der Waals surface area contributed by atoms with Crippen molar-refractivity contribution in [2.24, 2.45) is 0 Å². The third kappa shape index (κ3) is 2.60. The molecule has 1 saturated carbocycles. The van der Waals surface area contributed by atoms with Crippen molar-refractivity contribution in [2.75, 3.05) is 0 Å². The van der Waals surface area contributed by atoms with Gasteiger partial charge in [-0.15, -0.1) is 0 Å². The highest BCUT2D eigenvalue weighted by atomic mass is 16.6. The van der Waals surface area contributed by atoms with E-state index in [-0.39, 0.29) is 24.3 Å². The molecule has 5 nitrogen and oxygen atoms in total. The van der Waals surface area contributed by atoms with E-state index in [1.807, 2.05) is 29.2 Å². The van der Waals surface area contributed by atoms with Gasteiger partial charge in [-0.05, 0) is 36.6 Å². The molecule has 2 aliphatic heterocycles. The van der Waals surface area contributed by atoms with Crippen LogP contribution in [0.3, 0.4) is 0 Å². The average Bonchev–Trinajstić information content (AvgIpc) is 3.21. The fourth-order valence-corrected chi connectivity index (χ4v) is 4.58. The Morgan fingerprint density at radius 3 is 2.70 bits per heavy atom. The first kappa shape index (κ1) is 16.3. The van der Waals surface area contributed by atoms with Crippen molar-refractivity contribution in [3.05, 3.63) is 65.7 Å². The quantitative estimate of drug-likeness (QED) is 0.840. The van der Waals surface area contributed by atoms with Crippen LogP contribution in [0.25, 0.3) is 0 Å². The van der Waals surface area contributed by atoms with Crippen molar-refractivity contribution in [1.82, 2.24) is 4.90 Å². The Morgan fingerprint density at radius 1 is 1.11 bits per heavy atom. The Kier molecular flexibility index (Phi) is 3.70. The highest BCUT2D eigenvalue weighted by Gasteiger charge is 2.63. The molecule has 1 spiro atoms. The van der Waals surface area contributed by atoms with Crippen LogP contribution in [0.1, 0.15) is 42.9 Å². The fraction of sp³-hybridized carbons (Fsp3) is 0.364. The summed E-state index contributed by atoms with van der Waals surface area (Å²) in [5.41, 5.74) is 1.02. The maximum absolute atomic E-state index is 13.2. The van der Waals surface area contributed by atoms with E-state index in [9.17, 15) is 4.79 Å². The highest BCUT2D eigenvalue weighted by molar-refractivity contribution is 5.89. The molecule has 0 N–H and O–H groups in total. The molecule has 2 unspecified atom stereocenters. The number of carbonyl (C=O) groups is 1. The van der Waals surface area contributed by atoms with Gasteiger partial charge >= 0.3 is 0 Å². The highest BCUT2D eigenvalue weighted by Crippen LogP contribution is 2.51. The summed E-state index contributed by atoms with van der Waals surface area (Å²) >= 11 is 0. The molecule has 0 aromatic heterocycles. The summed E-state index contributed by atoms with van der Waals surface area (Å²) in [6, 6.07) is 19.5. The molecule has 0 bridgehead atoms. The number of hydrogen-bond acceptors (Lipinski definition) is 4. The molecule has 1 amide bonds. The number of hydrogen-bond donors (Lipinski definition) is 0. The minimum absolute atomic E-state index is 0.0573. The molecular formula is C22H20N2O3. The van der Waals surface area contributed by atoms with E-state index in [4.69, 9.17) is 14.7 Å². The predicted molar refractivity (Wildman–Crippen MR) is 97.7 cm³/mol. The van der Waals surface area contributed by atoms with Crippen molar-refractivity contribution < 1.29 is 14.3 Å². The van der Waals surface area contributed by atoms with Gasteiger partial charge in [0.25, 0.3) is 5.91 Å². The van der Waals surface area contributed by atoms with Crippen LogP contribution in [-0.2, 0) is 9.53 Å². The van der Waals surface area contributed by atoms with Gasteiger partial charge in [0.15, 0.2) is 5.60 Å². The molecule has 136 valence electrons. The smallest absolute Gasteiger partial charge is 0.257 e. The molecule has 2 aromatic carbocycles. The zero-order valence-corrected chi connectivity index (χ0v) is 14.9. The van der Waals surface area contributed by atoms with E-state index >= 15 is 0 Å². The molecule has 3 fully saturated rings. The number of ether oxygens (including phenoxy) is 2. The van der Waals surface area contributed by atoms with Crippen molar-refractivity contribution >= 4 is 5.91 Å². The third-order valence-corrected chi connectivity index (χ3v) is 5.88. The zero-order chi connectivity index (χ0) is 18.4. The lowest BCUT2D eigenvalue weighted by atomic mass is 9.76. The summed E-state index contributed by atoms with van der Waals surface area (Å²) in [5.74, 6) is 0.770. The molecule has 1 aliphatic carbocycles. The van der Waals surface area contributed by atoms with E-state index in [2.05, 4.69) is 18.2 Å². The number of amides is 1. The van der Waals surface area contributed by atoms with Crippen LogP contribution < -0.4 is 4.74 Å². The zero-order valence-electron chi connectivity index (χ0n) is 14.9. The Balaban J connectivity index is 1.28. The van der Waals surface area contributed by atoms with Crippen molar-refractivity contribution in [3.8, 4) is 11.8 Å². The summed E-state index contributed by atoms with van der Waals surface area (Å²) in [6.07, 6.45) is 2.78. The second kappa shape index (κ2) is 6.11. The van der Waals surface area contributed by atoms with Gasteiger partial charge in [-0.25, -0.2) is 0 Å². The Morgan fingerprint density at radius 2 is 1.93 bits per heavy atom. The fourth-order valence-electron chi connectivity index (χ4n) is 4.58. The maximum Gasteiger partial charge on any atom is 0.257 e. The van der Waals surface area contributed by atoms with Crippen LogP contribution in [0.4, 0.5) is 0 Å². The van der Waals surface area contributed by atoms with Crippen molar-refractivity contribution in [2.45, 2.75) is 49.7 Å². The minimum Gasteiger partial charge on any atom is -0.490 e. The standard InChI is InChI=1S/C22H20N2O3/c23-14-15-5-4-8-17(11-15)26-18-12-22(13-18)21(25)24-19(9-10-20(24)27-22)16-6-2-1-3-7-16/h1-8,11,18-20H,9-10,12-13H2. The van der Waals surface area contributed by atoms with Crippen molar-refractivity contribution in [3.63, 3.8) is 0 Å². The van der Waals surface area contributed by atoms with Crippen LogP contribution in [0.15, 0.2) is 54.6 Å². The lowest BCUT2D eigenvalue weighted by Crippen LogP contribution is -2.55. The van der Waals surface area contributed by atoms with Crippen LogP contribution in [0, 0.1) is 11.3 Å². The van der Waals surface area contributed by atoms with Gasteiger partial charge in [0.05, 0.1) is 17.7 Å². The van der Waals surface area contributed by atoms with E-state index < -0.39 is 5.60 Å². The summed E-state index contributed by atoms with van der Waals surface area (Å²) in [6.45, 7) is 0. The summed E-state index contributed by atoms with van der Waals surface area (Å²) in [5, 5.41) is 9.00. The lowest BCUT2D eigenvalue weighted by Gasteiger charge is -2.42. The largest absolute Gasteiger partial charge is 0.490 e. The molecule has 0 radical (unpaired) electrons. The van der Waals surface area contributed by atoms with E-state index in [1.165, 1.54) is 5.56 Å². The molecule has 2 aromatic rings. The molecular weight excluding hydrogens is 340 g/mol. The Labute approximate surface area is 158 Å². The van der Waals surface area contributed by atoms with Gasteiger partial charge < -0.3 is 14.4 Å². The normalized spacial score (nSPS) is 31.4. The van der Waals surface area contributed by atoms with Crippen LogP contribution >= 0.6 is 0 Å². The molecule has 2 saturated heterocycles. The molecule has 2 heterocycles. The first-order valence-corrected chi connectivity index (χ1v) is 9.41. The molecule has 3 aliphatic rings. The minimum atomic E-state index is -0.727. The number of nitrogens with zero attached hydrogens (tertiary/aromatic N) is 2. The van der Waals surface area contributed by atoms with E-state index in [0.29, 0.717) is 24.2 Å². The van der Waals surface area contributed by atoms with Gasteiger partial charge in [-0.1, -0.05) is 36.4 Å². The van der Waals surface area contributed by atoms with E-state index in [0.717, 1.165) is 12.8 Å². The van der Waals surface area contributed by atoms with Gasteiger partial charge in [-0.3, -0.25) is 4.79 Å². The summed E-state index contributed by atoms with van der Waals surface area (Å²) in [4.78, 5) is 15.1. The second-order valence-electron chi connectivity index (χ2n) is 7.57. The predicted octanol–water partition coefficient (Wildman–Crippen LogP) is 3.56. The number of fused-ring (bicyclic) bond motifs is 1. The number of nitriles is 1. The third-order valence-electron chi connectivity index (χ3n) is 5.88. The average molecular weight is 360 g/mol. The lowest BCUT2D eigenvalue weighted by molar-refractivity contribution is -0.162. The molecule has 5 rings (SSSR count). The van der Waals surface area contributed by atoms with E-state index in [1.54, 1.807) is 18.2 Å². The monoisotopic (exact) mass is 360 g/mol. The Hall–Kier alpha value is -2.84. The number of benzene rings is 2. The van der Waals surface area contributed by atoms with Gasteiger partial charge in [0.2, 0.25) is 0 Å². The van der Waals surface area contributed by atoms with Crippen LogP contribution in [0.2, 0.25) is 0 Å². The molecule has 27 heavy (non-hydrogen) atoms. The Bertz CT molecular complexity index is 915. The van der Waals surface area contributed by atoms with Gasteiger partial charge in [-0.2, -0.15) is 5.26 Å². The SMILES string of the molecule is N#Cc1cccc(OC2CC3(C2)OC2CCC(c4ccccc4)N2C3=O)c1. The first-order chi connectivity index (χ1) is 13.2. The maximum atomic E-state index is 13.2. The van der Waals surface area contributed by atoms with Crippen LogP contribution in [0.5, 0.6) is 5.75 Å². The van der Waals surface area contributed by atoms with Gasteiger partial charge in [0.1, 0.15) is 18.1 Å². The second-order valence-corrected chi connectivity index (χ2v) is 7.57. The van der Waals surface area contributed by atoms with Crippen molar-refractivity contribution in [1.29, 1.82) is 5.26 Å². The van der Waals surface area contributed by atoms with Crippen LogP contribution in [-0.4, -0.2) is 28.7 Å². The summed E-state index contributed by atoms with van der Waals surface area (Å²) < 4.78 is 12.2. The number of carbonyl (C=O) groups excluding carboxylic acids is 1. The topological polar surface area (TPSA) is 62.6 Å².